The normalized spacial score (nSPS) is 17.8. The number of carbonyl (C=O) groups excluding carboxylic acids is 3. The van der Waals surface area contributed by atoms with Gasteiger partial charge < -0.3 is 10.2 Å². The van der Waals surface area contributed by atoms with Gasteiger partial charge in [-0.1, -0.05) is 35.9 Å². The van der Waals surface area contributed by atoms with Gasteiger partial charge in [0, 0.05) is 29.7 Å². The molecule has 0 spiro atoms. The Morgan fingerprint density at radius 3 is 2.32 bits per heavy atom. The Morgan fingerprint density at radius 1 is 1.00 bits per heavy atom. The van der Waals surface area contributed by atoms with Crippen LogP contribution in [-0.4, -0.2) is 53.3 Å². The molecule has 0 saturated carbocycles. The van der Waals surface area contributed by atoms with Crippen LogP contribution in [0.25, 0.3) is 11.1 Å². The average Bonchev–Trinajstić information content (AvgIpc) is 3.06. The highest BCUT2D eigenvalue weighted by atomic mass is 35.5. The van der Waals surface area contributed by atoms with Crippen LogP contribution >= 0.6 is 11.6 Å². The maximum atomic E-state index is 12.8. The van der Waals surface area contributed by atoms with Crippen molar-refractivity contribution in [2.75, 3.05) is 19.6 Å². The molecule has 7 heteroatoms. The molecule has 2 aromatic carbocycles. The Hall–Kier alpha value is -2.86. The number of likely N-dealkylation sites (tertiary alicyclic amines) is 1. The van der Waals surface area contributed by atoms with Gasteiger partial charge in [0.05, 0.1) is 6.54 Å². The maximum absolute atomic E-state index is 12.8. The summed E-state index contributed by atoms with van der Waals surface area (Å²) < 4.78 is 0. The van der Waals surface area contributed by atoms with E-state index in [-0.39, 0.29) is 30.4 Å². The van der Waals surface area contributed by atoms with Crippen molar-refractivity contribution < 1.29 is 14.4 Å². The molecule has 1 N–H and O–H groups in total. The molecule has 4 amide bonds. The number of nitrogens with zero attached hydrogens (tertiary/aromatic N) is 2. The van der Waals surface area contributed by atoms with E-state index in [0.29, 0.717) is 36.5 Å². The van der Waals surface area contributed by atoms with Crippen LogP contribution in [0.15, 0.2) is 48.5 Å². The van der Waals surface area contributed by atoms with E-state index in [1.807, 2.05) is 48.5 Å². The van der Waals surface area contributed by atoms with Crippen LogP contribution in [0.2, 0.25) is 5.02 Å². The number of piperidine rings is 1. The first-order valence-corrected chi connectivity index (χ1v) is 9.66. The molecule has 0 unspecified atom stereocenters. The van der Waals surface area contributed by atoms with Gasteiger partial charge in [0.25, 0.3) is 5.91 Å². The molecule has 0 aromatic heterocycles. The largest absolute Gasteiger partial charge is 0.338 e. The molecule has 2 aliphatic rings. The van der Waals surface area contributed by atoms with Gasteiger partial charge in [-0.15, -0.1) is 0 Å². The number of amides is 4. The predicted molar refractivity (Wildman–Crippen MR) is 106 cm³/mol. The Kier molecular flexibility index (Phi) is 5.05. The fourth-order valence-electron chi connectivity index (χ4n) is 3.79. The zero-order valence-corrected chi connectivity index (χ0v) is 16.0. The van der Waals surface area contributed by atoms with Crippen molar-refractivity contribution in [3.8, 4) is 11.1 Å². The number of nitrogens with one attached hydrogen (secondary N) is 1. The molecular weight excluding hydrogens is 378 g/mol. The van der Waals surface area contributed by atoms with Gasteiger partial charge in [-0.2, -0.15) is 0 Å². The van der Waals surface area contributed by atoms with E-state index >= 15 is 0 Å². The molecule has 0 aliphatic carbocycles. The highest BCUT2D eigenvalue weighted by Gasteiger charge is 2.37. The molecule has 6 nitrogen and oxygen atoms in total. The van der Waals surface area contributed by atoms with E-state index < -0.39 is 0 Å². The summed E-state index contributed by atoms with van der Waals surface area (Å²) in [5.74, 6) is -0.223. The molecule has 0 atom stereocenters. The lowest BCUT2D eigenvalue weighted by Gasteiger charge is -2.35. The van der Waals surface area contributed by atoms with Gasteiger partial charge in [-0.3, -0.25) is 14.5 Å². The first kappa shape index (κ1) is 18.5. The summed E-state index contributed by atoms with van der Waals surface area (Å²) in [4.78, 5) is 39.5. The average molecular weight is 398 g/mol. The van der Waals surface area contributed by atoms with Crippen molar-refractivity contribution in [3.63, 3.8) is 0 Å². The summed E-state index contributed by atoms with van der Waals surface area (Å²) in [6.07, 6.45) is 1.21. The van der Waals surface area contributed by atoms with E-state index in [0.717, 1.165) is 11.1 Å². The molecule has 2 saturated heterocycles. The topological polar surface area (TPSA) is 69.7 Å². The molecular formula is C21H20ClN3O3. The van der Waals surface area contributed by atoms with Crippen molar-refractivity contribution >= 4 is 29.4 Å². The second kappa shape index (κ2) is 7.64. The van der Waals surface area contributed by atoms with E-state index in [1.165, 1.54) is 4.90 Å². The van der Waals surface area contributed by atoms with Gasteiger partial charge in [0.2, 0.25) is 5.91 Å². The second-order valence-electron chi connectivity index (χ2n) is 7.03. The van der Waals surface area contributed by atoms with Gasteiger partial charge >= 0.3 is 6.03 Å². The lowest BCUT2D eigenvalue weighted by atomic mass is 10.0. The number of benzene rings is 2. The van der Waals surface area contributed by atoms with Gasteiger partial charge in [0.1, 0.15) is 0 Å². The lowest BCUT2D eigenvalue weighted by molar-refractivity contribution is -0.127. The molecule has 2 aromatic rings. The fraction of sp³-hybridized carbons (Fsp3) is 0.286. The minimum atomic E-state index is -0.327. The number of halogens is 1. The summed E-state index contributed by atoms with van der Waals surface area (Å²) >= 11 is 6.04. The Morgan fingerprint density at radius 2 is 1.71 bits per heavy atom. The molecule has 2 heterocycles. The second-order valence-corrected chi connectivity index (χ2v) is 7.47. The van der Waals surface area contributed by atoms with Crippen LogP contribution in [0.4, 0.5) is 4.79 Å². The SMILES string of the molecule is O=C(c1ccc(-c2cccc(Cl)c2)cc1)N1CCC(N2C(=O)CNC2=O)CC1. The first-order chi connectivity index (χ1) is 13.5. The van der Waals surface area contributed by atoms with Crippen molar-refractivity contribution in [2.45, 2.75) is 18.9 Å². The first-order valence-electron chi connectivity index (χ1n) is 9.28. The molecule has 144 valence electrons. The Balaban J connectivity index is 1.40. The van der Waals surface area contributed by atoms with Gasteiger partial charge in [-0.25, -0.2) is 4.79 Å². The van der Waals surface area contributed by atoms with Gasteiger partial charge in [-0.05, 0) is 48.2 Å². The lowest BCUT2D eigenvalue weighted by Crippen LogP contribution is -2.49. The van der Waals surface area contributed by atoms with E-state index in [4.69, 9.17) is 11.6 Å². The third-order valence-electron chi connectivity index (χ3n) is 5.28. The molecule has 2 aliphatic heterocycles. The van der Waals surface area contributed by atoms with Crippen molar-refractivity contribution in [1.29, 1.82) is 0 Å². The van der Waals surface area contributed by atoms with Crippen molar-refractivity contribution in [1.82, 2.24) is 15.1 Å². The van der Waals surface area contributed by atoms with Crippen molar-refractivity contribution in [3.05, 3.63) is 59.1 Å². The Labute approximate surface area is 168 Å². The van der Waals surface area contributed by atoms with Crippen molar-refractivity contribution in [2.24, 2.45) is 0 Å². The minimum Gasteiger partial charge on any atom is -0.338 e. The highest BCUT2D eigenvalue weighted by molar-refractivity contribution is 6.30. The Bertz CT molecular complexity index is 905. The zero-order chi connectivity index (χ0) is 19.7. The number of imide groups is 1. The number of urea groups is 1. The number of carbonyl (C=O) groups is 3. The van der Waals surface area contributed by atoms with Crippen LogP contribution in [0.3, 0.4) is 0 Å². The zero-order valence-electron chi connectivity index (χ0n) is 15.2. The molecule has 0 radical (unpaired) electrons. The van der Waals surface area contributed by atoms with Crippen LogP contribution in [0, 0.1) is 0 Å². The summed E-state index contributed by atoms with van der Waals surface area (Å²) in [5.41, 5.74) is 2.62. The molecule has 2 fully saturated rings. The van der Waals surface area contributed by atoms with Gasteiger partial charge in [0.15, 0.2) is 0 Å². The summed E-state index contributed by atoms with van der Waals surface area (Å²) in [5, 5.41) is 3.22. The monoisotopic (exact) mass is 397 g/mol. The fourth-order valence-corrected chi connectivity index (χ4v) is 3.98. The molecule has 0 bridgehead atoms. The third-order valence-corrected chi connectivity index (χ3v) is 5.52. The molecule has 28 heavy (non-hydrogen) atoms. The number of hydrogen-bond acceptors (Lipinski definition) is 3. The molecule has 4 rings (SSSR count). The van der Waals surface area contributed by atoms with E-state index in [9.17, 15) is 14.4 Å². The van der Waals surface area contributed by atoms with E-state index in [2.05, 4.69) is 5.32 Å². The van der Waals surface area contributed by atoms with E-state index in [1.54, 1.807) is 4.90 Å². The smallest absolute Gasteiger partial charge is 0.324 e. The summed E-state index contributed by atoms with van der Waals surface area (Å²) in [6, 6.07) is 14.6. The van der Waals surface area contributed by atoms with Crippen LogP contribution in [-0.2, 0) is 4.79 Å². The number of rotatable bonds is 3. The summed E-state index contributed by atoms with van der Waals surface area (Å²) in [7, 11) is 0. The van der Waals surface area contributed by atoms with Crippen LogP contribution < -0.4 is 5.32 Å². The standard InChI is InChI=1S/C21H20ClN3O3/c22-17-3-1-2-16(12-17)14-4-6-15(7-5-14)20(27)24-10-8-18(9-11-24)25-19(26)13-23-21(25)28/h1-7,12,18H,8-11,13H2,(H,23,28). The summed E-state index contributed by atoms with van der Waals surface area (Å²) in [6.45, 7) is 1.12. The quantitative estimate of drug-likeness (QED) is 0.809. The maximum Gasteiger partial charge on any atom is 0.324 e. The predicted octanol–water partition coefficient (Wildman–Crippen LogP) is 3.16. The number of hydrogen-bond donors (Lipinski definition) is 1. The minimum absolute atomic E-state index is 0.0340. The third kappa shape index (κ3) is 3.60. The van der Waals surface area contributed by atoms with Crippen LogP contribution in [0.5, 0.6) is 0 Å². The highest BCUT2D eigenvalue weighted by Crippen LogP contribution is 2.24. The van der Waals surface area contributed by atoms with Crippen LogP contribution in [0.1, 0.15) is 23.2 Å².